The van der Waals surface area contributed by atoms with Crippen LogP contribution >= 0.6 is 12.2 Å². The van der Waals surface area contributed by atoms with Gasteiger partial charge < -0.3 is 16.0 Å². The Kier molecular flexibility index (Phi) is 4.57. The van der Waals surface area contributed by atoms with E-state index in [4.69, 9.17) is 18.0 Å². The van der Waals surface area contributed by atoms with Crippen LogP contribution in [0.5, 0.6) is 0 Å². The Hall–Kier alpha value is -1.65. The number of thiocarbonyl (C=S) groups is 1. The summed E-state index contributed by atoms with van der Waals surface area (Å²) in [4.78, 5) is 2.61. The van der Waals surface area contributed by atoms with Gasteiger partial charge in [0.1, 0.15) is 4.99 Å². The summed E-state index contributed by atoms with van der Waals surface area (Å²) in [6.45, 7) is 3.15. The second-order valence-corrected chi connectivity index (χ2v) is 5.82. The molecule has 3 nitrogen and oxygen atoms in total. The number of likely N-dealkylation sites (N-methyl/N-ethyl adjacent to an activating group) is 1. The zero-order valence-electron chi connectivity index (χ0n) is 12.2. The van der Waals surface area contributed by atoms with Crippen molar-refractivity contribution < 1.29 is 0 Å². The summed E-state index contributed by atoms with van der Waals surface area (Å²) >= 11 is 5.13. The Morgan fingerprint density at radius 3 is 2.45 bits per heavy atom. The van der Waals surface area contributed by atoms with Crippen LogP contribution in [-0.4, -0.2) is 36.6 Å². The van der Waals surface area contributed by atoms with Gasteiger partial charge in [0, 0.05) is 29.2 Å². The molecule has 0 aromatic heterocycles. The minimum atomic E-state index is 0.365. The third-order valence-corrected chi connectivity index (χ3v) is 3.45. The van der Waals surface area contributed by atoms with E-state index in [0.717, 1.165) is 28.6 Å². The highest BCUT2D eigenvalue weighted by atomic mass is 32.1. The number of benzene rings is 2. The van der Waals surface area contributed by atoms with Crippen molar-refractivity contribution in [3.63, 3.8) is 0 Å². The van der Waals surface area contributed by atoms with Crippen LogP contribution in [0.3, 0.4) is 0 Å². The molecule has 0 radical (unpaired) electrons. The van der Waals surface area contributed by atoms with Gasteiger partial charge >= 0.3 is 0 Å². The Morgan fingerprint density at radius 2 is 1.85 bits per heavy atom. The van der Waals surface area contributed by atoms with Crippen molar-refractivity contribution in [2.45, 2.75) is 13.0 Å². The molecule has 0 aliphatic carbocycles. The predicted molar refractivity (Wildman–Crippen MR) is 91.5 cm³/mol. The average Bonchev–Trinajstić information content (AvgIpc) is 2.37. The van der Waals surface area contributed by atoms with Gasteiger partial charge in [-0.2, -0.15) is 0 Å². The fourth-order valence-corrected chi connectivity index (χ4v) is 2.68. The van der Waals surface area contributed by atoms with Crippen LogP contribution < -0.4 is 11.1 Å². The summed E-state index contributed by atoms with van der Waals surface area (Å²) in [7, 11) is 4.15. The van der Waals surface area contributed by atoms with Crippen molar-refractivity contribution in [1.29, 1.82) is 0 Å². The number of hydrogen-bond donors (Lipinski definition) is 2. The van der Waals surface area contributed by atoms with E-state index < -0.39 is 0 Å². The van der Waals surface area contributed by atoms with Crippen LogP contribution in [0.1, 0.15) is 12.5 Å². The van der Waals surface area contributed by atoms with Crippen LogP contribution in [0.4, 0.5) is 5.69 Å². The Morgan fingerprint density at radius 1 is 1.20 bits per heavy atom. The molecule has 0 amide bonds. The van der Waals surface area contributed by atoms with Gasteiger partial charge in [-0.25, -0.2) is 0 Å². The molecule has 0 fully saturated rings. The summed E-state index contributed by atoms with van der Waals surface area (Å²) in [6, 6.07) is 12.6. The molecule has 20 heavy (non-hydrogen) atoms. The number of nitrogens with zero attached hydrogens (tertiary/aromatic N) is 1. The maximum Gasteiger partial charge on any atom is 0.104 e. The van der Waals surface area contributed by atoms with Crippen molar-refractivity contribution >= 4 is 33.7 Å². The maximum absolute atomic E-state index is 5.80. The number of hydrogen-bond acceptors (Lipinski definition) is 3. The molecule has 0 spiro atoms. The molecule has 3 N–H and O–H groups in total. The molecular weight excluding hydrogens is 266 g/mol. The van der Waals surface area contributed by atoms with Gasteiger partial charge in [0.05, 0.1) is 0 Å². The van der Waals surface area contributed by atoms with Crippen LogP contribution in [0, 0.1) is 0 Å². The molecule has 4 heteroatoms. The number of fused-ring (bicyclic) bond motifs is 1. The third kappa shape index (κ3) is 3.26. The Bertz CT molecular complexity index is 622. The molecule has 0 saturated carbocycles. The Balaban J connectivity index is 2.40. The van der Waals surface area contributed by atoms with Crippen molar-refractivity contribution in [3.05, 3.63) is 42.0 Å². The summed E-state index contributed by atoms with van der Waals surface area (Å²) in [5.41, 5.74) is 7.85. The first-order valence-corrected chi connectivity index (χ1v) is 7.12. The van der Waals surface area contributed by atoms with E-state index in [1.807, 2.05) is 18.2 Å². The van der Waals surface area contributed by atoms with Gasteiger partial charge in [0.15, 0.2) is 0 Å². The molecule has 2 rings (SSSR count). The maximum atomic E-state index is 5.80. The second-order valence-electron chi connectivity index (χ2n) is 5.38. The monoisotopic (exact) mass is 287 g/mol. The fourth-order valence-electron chi connectivity index (χ4n) is 2.50. The average molecular weight is 287 g/mol. The SMILES string of the molecule is CC(CN(C)C)Nc1ccc(C(N)=S)c2ccccc12. The van der Waals surface area contributed by atoms with E-state index in [1.165, 1.54) is 0 Å². The number of rotatable bonds is 5. The lowest BCUT2D eigenvalue weighted by Gasteiger charge is -2.21. The fraction of sp³-hybridized carbons (Fsp3) is 0.312. The van der Waals surface area contributed by atoms with Crippen molar-refractivity contribution in [1.82, 2.24) is 4.90 Å². The molecule has 2 aromatic carbocycles. The number of anilines is 1. The van der Waals surface area contributed by atoms with Gasteiger partial charge in [-0.3, -0.25) is 0 Å². The first-order valence-electron chi connectivity index (χ1n) is 6.72. The highest BCUT2D eigenvalue weighted by molar-refractivity contribution is 7.80. The second kappa shape index (κ2) is 6.20. The van der Waals surface area contributed by atoms with E-state index in [1.54, 1.807) is 0 Å². The zero-order valence-corrected chi connectivity index (χ0v) is 13.0. The smallest absolute Gasteiger partial charge is 0.104 e. The van der Waals surface area contributed by atoms with Crippen LogP contribution in [-0.2, 0) is 0 Å². The van der Waals surface area contributed by atoms with Gasteiger partial charge in [-0.1, -0.05) is 36.5 Å². The molecular formula is C16H21N3S. The lowest BCUT2D eigenvalue weighted by Crippen LogP contribution is -2.29. The highest BCUT2D eigenvalue weighted by Crippen LogP contribution is 2.27. The van der Waals surface area contributed by atoms with E-state index in [-0.39, 0.29) is 0 Å². The van der Waals surface area contributed by atoms with Crippen LogP contribution in [0.2, 0.25) is 0 Å². The van der Waals surface area contributed by atoms with Crippen molar-refractivity contribution in [3.8, 4) is 0 Å². The van der Waals surface area contributed by atoms with E-state index in [2.05, 4.69) is 49.4 Å². The molecule has 106 valence electrons. The summed E-state index contributed by atoms with van der Waals surface area (Å²) in [5.74, 6) is 0. The van der Waals surface area contributed by atoms with Crippen molar-refractivity contribution in [2.75, 3.05) is 26.0 Å². The standard InChI is InChI=1S/C16H21N3S/c1-11(10-19(2)3)18-15-9-8-14(16(17)20)12-6-4-5-7-13(12)15/h4-9,11,18H,10H2,1-3H3,(H2,17,20). The predicted octanol–water partition coefficient (Wildman–Crippen LogP) is 2.84. The summed E-state index contributed by atoms with van der Waals surface area (Å²) in [6.07, 6.45) is 0. The molecule has 0 saturated heterocycles. The molecule has 0 aliphatic heterocycles. The van der Waals surface area contributed by atoms with Gasteiger partial charge in [-0.15, -0.1) is 0 Å². The largest absolute Gasteiger partial charge is 0.389 e. The van der Waals surface area contributed by atoms with Crippen LogP contribution in [0.25, 0.3) is 10.8 Å². The quantitative estimate of drug-likeness (QED) is 0.830. The van der Waals surface area contributed by atoms with Gasteiger partial charge in [-0.05, 0) is 38.5 Å². The molecule has 1 atom stereocenters. The minimum absolute atomic E-state index is 0.365. The topological polar surface area (TPSA) is 41.3 Å². The first kappa shape index (κ1) is 14.8. The minimum Gasteiger partial charge on any atom is -0.389 e. The molecule has 1 unspecified atom stereocenters. The normalized spacial score (nSPS) is 12.6. The summed E-state index contributed by atoms with van der Waals surface area (Å²) < 4.78 is 0. The van der Waals surface area contributed by atoms with Crippen molar-refractivity contribution in [2.24, 2.45) is 5.73 Å². The van der Waals surface area contributed by atoms with Crippen LogP contribution in [0.15, 0.2) is 36.4 Å². The van der Waals surface area contributed by atoms with E-state index in [9.17, 15) is 0 Å². The van der Waals surface area contributed by atoms with E-state index in [0.29, 0.717) is 11.0 Å². The van der Waals surface area contributed by atoms with Gasteiger partial charge in [0.25, 0.3) is 0 Å². The molecule has 0 bridgehead atoms. The number of nitrogens with one attached hydrogen (secondary N) is 1. The number of nitrogens with two attached hydrogens (primary N) is 1. The lowest BCUT2D eigenvalue weighted by molar-refractivity contribution is 0.392. The Labute approximate surface area is 125 Å². The van der Waals surface area contributed by atoms with E-state index >= 15 is 0 Å². The lowest BCUT2D eigenvalue weighted by atomic mass is 10.0. The highest BCUT2D eigenvalue weighted by Gasteiger charge is 2.10. The third-order valence-electron chi connectivity index (χ3n) is 3.23. The van der Waals surface area contributed by atoms with Gasteiger partial charge in [0.2, 0.25) is 0 Å². The molecule has 2 aromatic rings. The summed E-state index contributed by atoms with van der Waals surface area (Å²) in [5, 5.41) is 5.81. The zero-order chi connectivity index (χ0) is 14.7. The molecule has 0 heterocycles. The first-order chi connectivity index (χ1) is 9.49. The molecule has 0 aliphatic rings.